The predicted octanol–water partition coefficient (Wildman–Crippen LogP) is 2.46. The molecule has 0 atom stereocenters. The van der Waals surface area contributed by atoms with Crippen LogP contribution in [0.5, 0.6) is 0 Å². The van der Waals surface area contributed by atoms with E-state index in [9.17, 15) is 9.59 Å². The topological polar surface area (TPSA) is 61.8 Å². The van der Waals surface area contributed by atoms with Crippen LogP contribution in [-0.4, -0.2) is 36.0 Å². The molecule has 5 nitrogen and oxygen atoms in total. The molecule has 0 saturated carbocycles. The molecule has 0 spiro atoms. The molecule has 1 aliphatic rings. The first kappa shape index (κ1) is 15.8. The van der Waals surface area contributed by atoms with Crippen LogP contribution in [0.4, 0.5) is 0 Å². The number of halogens is 2. The summed E-state index contributed by atoms with van der Waals surface area (Å²) in [4.78, 5) is 25.1. The molecule has 0 aliphatic carbocycles. The lowest BCUT2D eigenvalue weighted by Gasteiger charge is -2.25. The molecule has 1 N–H and O–H groups in total. The maximum absolute atomic E-state index is 11.9. The second-order valence-corrected chi connectivity index (χ2v) is 5.50. The summed E-state index contributed by atoms with van der Waals surface area (Å²) in [7, 11) is 0. The van der Waals surface area contributed by atoms with Crippen LogP contribution < -0.4 is 5.43 Å². The Bertz CT molecular complexity index is 549. The molecule has 112 valence electrons. The summed E-state index contributed by atoms with van der Waals surface area (Å²) in [6.07, 6.45) is 4.27. The Kier molecular flexibility index (Phi) is 5.59. The minimum atomic E-state index is -0.753. The standard InChI is InChI=1S/C14H15Cl2N3O2/c15-11-5-4-6-12(16)10(11)9-17-18-13(20)14(21)19-7-2-1-3-8-19/h4-6,9H,1-3,7-8H2,(H,18,20)/b17-9-. The molecule has 2 rings (SSSR count). The summed E-state index contributed by atoms with van der Waals surface area (Å²) >= 11 is 11.9. The van der Waals surface area contributed by atoms with Gasteiger partial charge >= 0.3 is 11.8 Å². The Hall–Kier alpha value is -1.59. The molecule has 1 fully saturated rings. The summed E-state index contributed by atoms with van der Waals surface area (Å²) in [6, 6.07) is 5.03. The van der Waals surface area contributed by atoms with E-state index in [0.29, 0.717) is 28.7 Å². The second-order valence-electron chi connectivity index (χ2n) is 4.69. The number of nitrogens with zero attached hydrogens (tertiary/aromatic N) is 2. The summed E-state index contributed by atoms with van der Waals surface area (Å²) in [5.41, 5.74) is 2.70. The molecule has 0 aromatic heterocycles. The Morgan fingerprint density at radius 1 is 1.14 bits per heavy atom. The SMILES string of the molecule is O=C(N/N=C\c1c(Cl)cccc1Cl)C(=O)N1CCCCC1. The Balaban J connectivity index is 1.94. The molecule has 7 heteroatoms. The van der Waals surface area contributed by atoms with Gasteiger partial charge in [0, 0.05) is 18.7 Å². The lowest BCUT2D eigenvalue weighted by molar-refractivity contribution is -0.146. The van der Waals surface area contributed by atoms with Crippen LogP contribution in [0.2, 0.25) is 10.0 Å². The molecular formula is C14H15Cl2N3O2. The highest BCUT2D eigenvalue weighted by atomic mass is 35.5. The van der Waals surface area contributed by atoms with E-state index in [-0.39, 0.29) is 0 Å². The van der Waals surface area contributed by atoms with Crippen molar-refractivity contribution in [2.75, 3.05) is 13.1 Å². The van der Waals surface area contributed by atoms with Crippen molar-refractivity contribution in [1.82, 2.24) is 10.3 Å². The lowest BCUT2D eigenvalue weighted by Crippen LogP contribution is -2.43. The zero-order valence-electron chi connectivity index (χ0n) is 11.3. The van der Waals surface area contributed by atoms with Crippen LogP contribution in [0.1, 0.15) is 24.8 Å². The zero-order chi connectivity index (χ0) is 15.2. The summed E-state index contributed by atoms with van der Waals surface area (Å²) in [6.45, 7) is 1.23. The van der Waals surface area contributed by atoms with Crippen LogP contribution >= 0.6 is 23.2 Å². The van der Waals surface area contributed by atoms with Gasteiger partial charge in [0.05, 0.1) is 16.3 Å². The van der Waals surface area contributed by atoms with Crippen LogP contribution in [0.15, 0.2) is 23.3 Å². The van der Waals surface area contributed by atoms with Gasteiger partial charge in [-0.1, -0.05) is 29.3 Å². The molecule has 1 aromatic rings. The zero-order valence-corrected chi connectivity index (χ0v) is 12.8. The number of piperidine rings is 1. The number of hydrogen-bond acceptors (Lipinski definition) is 3. The fourth-order valence-corrected chi connectivity index (χ4v) is 2.57. The highest BCUT2D eigenvalue weighted by molar-refractivity contribution is 6.38. The maximum atomic E-state index is 11.9. The van der Waals surface area contributed by atoms with Gasteiger partial charge in [-0.05, 0) is 31.4 Å². The van der Waals surface area contributed by atoms with Gasteiger partial charge in [0.25, 0.3) is 0 Å². The van der Waals surface area contributed by atoms with Crippen molar-refractivity contribution in [2.24, 2.45) is 5.10 Å². The third-order valence-electron chi connectivity index (χ3n) is 3.20. The third kappa shape index (κ3) is 4.19. The molecule has 21 heavy (non-hydrogen) atoms. The Morgan fingerprint density at radius 3 is 2.38 bits per heavy atom. The fraction of sp³-hybridized carbons (Fsp3) is 0.357. The molecule has 1 heterocycles. The minimum Gasteiger partial charge on any atom is -0.334 e. The van der Waals surface area contributed by atoms with Crippen LogP contribution in [0.3, 0.4) is 0 Å². The molecule has 2 amide bonds. The first-order valence-corrected chi connectivity index (χ1v) is 7.41. The number of rotatable bonds is 2. The highest BCUT2D eigenvalue weighted by Crippen LogP contribution is 2.21. The average Bonchev–Trinajstić information content (AvgIpc) is 2.50. The Morgan fingerprint density at radius 2 is 1.76 bits per heavy atom. The number of carbonyl (C=O) groups excluding carboxylic acids is 2. The average molecular weight is 328 g/mol. The molecular weight excluding hydrogens is 313 g/mol. The molecule has 0 radical (unpaired) electrons. The van der Waals surface area contributed by atoms with Crippen molar-refractivity contribution in [3.63, 3.8) is 0 Å². The first-order valence-electron chi connectivity index (χ1n) is 6.66. The number of hydrogen-bond donors (Lipinski definition) is 1. The summed E-state index contributed by atoms with van der Waals surface area (Å²) in [5, 5.41) is 4.58. The lowest BCUT2D eigenvalue weighted by atomic mass is 10.1. The van der Waals surface area contributed by atoms with E-state index >= 15 is 0 Å². The largest absolute Gasteiger partial charge is 0.334 e. The van der Waals surface area contributed by atoms with Crippen molar-refractivity contribution in [2.45, 2.75) is 19.3 Å². The van der Waals surface area contributed by atoms with Crippen LogP contribution in [0, 0.1) is 0 Å². The van der Waals surface area contributed by atoms with E-state index in [0.717, 1.165) is 19.3 Å². The molecule has 1 aromatic carbocycles. The number of nitrogens with one attached hydrogen (secondary N) is 1. The molecule has 0 unspecified atom stereocenters. The molecule has 1 aliphatic heterocycles. The normalized spacial score (nSPS) is 15.2. The van der Waals surface area contributed by atoms with Gasteiger partial charge in [-0.15, -0.1) is 0 Å². The van der Waals surface area contributed by atoms with Gasteiger partial charge in [0.1, 0.15) is 0 Å². The van der Waals surface area contributed by atoms with E-state index in [1.54, 1.807) is 18.2 Å². The van der Waals surface area contributed by atoms with Crippen molar-refractivity contribution >= 4 is 41.2 Å². The van der Waals surface area contributed by atoms with Gasteiger partial charge in [0.15, 0.2) is 0 Å². The van der Waals surface area contributed by atoms with Crippen LogP contribution in [0.25, 0.3) is 0 Å². The fourth-order valence-electron chi connectivity index (χ4n) is 2.08. The van der Waals surface area contributed by atoms with Gasteiger partial charge in [-0.3, -0.25) is 9.59 Å². The molecule has 1 saturated heterocycles. The smallest absolute Gasteiger partial charge is 0.329 e. The monoisotopic (exact) mass is 327 g/mol. The van der Waals surface area contributed by atoms with E-state index in [2.05, 4.69) is 10.5 Å². The number of hydrazone groups is 1. The van der Waals surface area contributed by atoms with E-state index in [1.165, 1.54) is 11.1 Å². The minimum absolute atomic E-state index is 0.419. The van der Waals surface area contributed by atoms with Crippen molar-refractivity contribution in [3.8, 4) is 0 Å². The Labute approximate surface area is 132 Å². The van der Waals surface area contributed by atoms with Crippen molar-refractivity contribution in [1.29, 1.82) is 0 Å². The summed E-state index contributed by atoms with van der Waals surface area (Å²) in [5.74, 6) is -1.31. The highest BCUT2D eigenvalue weighted by Gasteiger charge is 2.22. The second kappa shape index (κ2) is 7.43. The van der Waals surface area contributed by atoms with E-state index < -0.39 is 11.8 Å². The van der Waals surface area contributed by atoms with Crippen molar-refractivity contribution in [3.05, 3.63) is 33.8 Å². The molecule has 0 bridgehead atoms. The quantitative estimate of drug-likeness (QED) is 0.515. The van der Waals surface area contributed by atoms with E-state index in [4.69, 9.17) is 23.2 Å². The van der Waals surface area contributed by atoms with E-state index in [1.807, 2.05) is 0 Å². The third-order valence-corrected chi connectivity index (χ3v) is 3.86. The number of amides is 2. The first-order chi connectivity index (χ1) is 10.1. The van der Waals surface area contributed by atoms with Gasteiger partial charge in [-0.25, -0.2) is 5.43 Å². The van der Waals surface area contributed by atoms with Crippen molar-refractivity contribution < 1.29 is 9.59 Å². The number of likely N-dealkylation sites (tertiary alicyclic amines) is 1. The number of carbonyl (C=O) groups is 2. The van der Waals surface area contributed by atoms with Gasteiger partial charge in [-0.2, -0.15) is 5.10 Å². The summed E-state index contributed by atoms with van der Waals surface area (Å²) < 4.78 is 0. The predicted molar refractivity (Wildman–Crippen MR) is 82.6 cm³/mol. The van der Waals surface area contributed by atoms with Gasteiger partial charge < -0.3 is 4.90 Å². The van der Waals surface area contributed by atoms with Crippen LogP contribution in [-0.2, 0) is 9.59 Å². The van der Waals surface area contributed by atoms with Gasteiger partial charge in [0.2, 0.25) is 0 Å². The number of benzene rings is 1. The maximum Gasteiger partial charge on any atom is 0.329 e.